The fraction of sp³-hybridized carbons (Fsp3) is 0.500. The molecule has 1 aliphatic heterocycles. The van der Waals surface area contributed by atoms with Gasteiger partial charge >= 0.3 is 0 Å². The van der Waals surface area contributed by atoms with E-state index in [1.165, 1.54) is 0 Å². The maximum atomic E-state index is 11.4. The molecular weight excluding hydrogens is 398 g/mol. The molecule has 0 bridgehead atoms. The molecule has 1 unspecified atom stereocenters. The summed E-state index contributed by atoms with van der Waals surface area (Å²) in [6, 6.07) is 4.00. The Labute approximate surface area is 130 Å². The minimum atomic E-state index is -2.83. The van der Waals surface area contributed by atoms with Gasteiger partial charge in [-0.15, -0.1) is 0 Å². The molecule has 106 valence electrons. The molecule has 0 aliphatic carbocycles. The Hall–Kier alpha value is -0.110. The normalized spacial score (nSPS) is 21.5. The quantitative estimate of drug-likeness (QED) is 0.825. The number of sulfone groups is 1. The van der Waals surface area contributed by atoms with Crippen LogP contribution < -0.4 is 10.1 Å². The third kappa shape index (κ3) is 3.93. The van der Waals surface area contributed by atoms with Gasteiger partial charge in [0.2, 0.25) is 0 Å². The highest BCUT2D eigenvalue weighted by molar-refractivity contribution is 9.11. The van der Waals surface area contributed by atoms with Crippen molar-refractivity contribution in [1.29, 1.82) is 0 Å². The molecule has 1 heterocycles. The van der Waals surface area contributed by atoms with Crippen LogP contribution in [0.2, 0.25) is 0 Å². The summed E-state index contributed by atoms with van der Waals surface area (Å²) in [5.41, 5.74) is 1.07. The SMILES string of the molecule is COc1c(Br)cc(CNC2CCS(=O)(=O)C2)cc1Br. The van der Waals surface area contributed by atoms with Gasteiger partial charge in [0.1, 0.15) is 5.75 Å². The van der Waals surface area contributed by atoms with Crippen molar-refractivity contribution < 1.29 is 13.2 Å². The lowest BCUT2D eigenvalue weighted by Crippen LogP contribution is -2.29. The van der Waals surface area contributed by atoms with Crippen molar-refractivity contribution in [3.63, 3.8) is 0 Å². The molecule has 0 amide bonds. The Bertz CT molecular complexity index is 551. The number of methoxy groups -OCH3 is 1. The molecule has 1 atom stereocenters. The zero-order valence-electron chi connectivity index (χ0n) is 10.4. The molecule has 7 heteroatoms. The van der Waals surface area contributed by atoms with Gasteiger partial charge in [0.25, 0.3) is 0 Å². The number of benzene rings is 1. The van der Waals surface area contributed by atoms with Crippen molar-refractivity contribution >= 4 is 41.7 Å². The predicted molar refractivity (Wildman–Crippen MR) is 82.3 cm³/mol. The van der Waals surface area contributed by atoms with Gasteiger partial charge in [-0.3, -0.25) is 0 Å². The average Bonchev–Trinajstić information content (AvgIpc) is 2.66. The summed E-state index contributed by atoms with van der Waals surface area (Å²) in [6.07, 6.45) is 0.695. The van der Waals surface area contributed by atoms with Gasteiger partial charge in [-0.1, -0.05) is 0 Å². The van der Waals surface area contributed by atoms with Crippen LogP contribution in [-0.2, 0) is 16.4 Å². The molecule has 4 nitrogen and oxygen atoms in total. The van der Waals surface area contributed by atoms with Crippen LogP contribution >= 0.6 is 31.9 Å². The first-order chi connectivity index (χ1) is 8.91. The van der Waals surface area contributed by atoms with Crippen LogP contribution in [0.15, 0.2) is 21.1 Å². The first-order valence-electron chi connectivity index (χ1n) is 5.87. The second-order valence-electron chi connectivity index (χ2n) is 4.57. The minimum absolute atomic E-state index is 0.0599. The molecule has 0 spiro atoms. The van der Waals surface area contributed by atoms with Gasteiger partial charge in [-0.25, -0.2) is 8.42 Å². The monoisotopic (exact) mass is 411 g/mol. The third-order valence-electron chi connectivity index (χ3n) is 3.09. The van der Waals surface area contributed by atoms with Crippen LogP contribution in [0.4, 0.5) is 0 Å². The zero-order chi connectivity index (χ0) is 14.0. The molecule has 1 aliphatic rings. The predicted octanol–water partition coefficient (Wildman–Crippen LogP) is 2.50. The highest BCUT2D eigenvalue weighted by Crippen LogP contribution is 2.34. The zero-order valence-corrected chi connectivity index (χ0v) is 14.4. The summed E-state index contributed by atoms with van der Waals surface area (Å²) in [6.45, 7) is 0.640. The fourth-order valence-electron chi connectivity index (χ4n) is 2.13. The summed E-state index contributed by atoms with van der Waals surface area (Å²) >= 11 is 6.90. The topological polar surface area (TPSA) is 55.4 Å². The largest absolute Gasteiger partial charge is 0.494 e. The van der Waals surface area contributed by atoms with Gasteiger partial charge in [-0.2, -0.15) is 0 Å². The average molecular weight is 413 g/mol. The molecule has 1 fully saturated rings. The summed E-state index contributed by atoms with van der Waals surface area (Å²) < 4.78 is 29.7. The van der Waals surface area contributed by atoms with Gasteiger partial charge in [0.15, 0.2) is 9.84 Å². The molecule has 1 aromatic carbocycles. The van der Waals surface area contributed by atoms with Crippen LogP contribution in [0.5, 0.6) is 5.75 Å². The van der Waals surface area contributed by atoms with E-state index in [0.29, 0.717) is 18.7 Å². The molecule has 2 rings (SSSR count). The number of hydrogen-bond acceptors (Lipinski definition) is 4. The Balaban J connectivity index is 2.01. The molecule has 1 saturated heterocycles. The van der Waals surface area contributed by atoms with Gasteiger partial charge < -0.3 is 10.1 Å². The highest BCUT2D eigenvalue weighted by atomic mass is 79.9. The van der Waals surface area contributed by atoms with Crippen molar-refractivity contribution in [1.82, 2.24) is 5.32 Å². The molecule has 0 saturated carbocycles. The number of hydrogen-bond donors (Lipinski definition) is 1. The van der Waals surface area contributed by atoms with E-state index >= 15 is 0 Å². The van der Waals surface area contributed by atoms with Crippen molar-refractivity contribution in [2.45, 2.75) is 19.0 Å². The smallest absolute Gasteiger partial charge is 0.151 e. The van der Waals surface area contributed by atoms with Crippen molar-refractivity contribution in [3.8, 4) is 5.75 Å². The summed E-state index contributed by atoms with van der Waals surface area (Å²) in [5.74, 6) is 1.29. The maximum Gasteiger partial charge on any atom is 0.151 e. The number of rotatable bonds is 4. The van der Waals surface area contributed by atoms with Gasteiger partial charge in [-0.05, 0) is 56.0 Å². The Kier molecular flexibility index (Phi) is 4.92. The van der Waals surface area contributed by atoms with Gasteiger partial charge in [0.05, 0.1) is 27.6 Å². The van der Waals surface area contributed by atoms with Crippen LogP contribution in [0, 0.1) is 0 Å². The van der Waals surface area contributed by atoms with Crippen LogP contribution in [0.3, 0.4) is 0 Å². The van der Waals surface area contributed by atoms with Crippen molar-refractivity contribution in [2.24, 2.45) is 0 Å². The fourth-order valence-corrected chi connectivity index (χ4v) is 5.44. The molecular formula is C12H15Br2NO3S. The second-order valence-corrected chi connectivity index (χ2v) is 8.51. The van der Waals surface area contributed by atoms with Crippen LogP contribution in [-0.4, -0.2) is 33.1 Å². The molecule has 0 aromatic heterocycles. The van der Waals surface area contributed by atoms with Crippen LogP contribution in [0.1, 0.15) is 12.0 Å². The Morgan fingerprint density at radius 3 is 2.47 bits per heavy atom. The van der Waals surface area contributed by atoms with E-state index in [2.05, 4.69) is 37.2 Å². The maximum absolute atomic E-state index is 11.4. The third-order valence-corrected chi connectivity index (χ3v) is 6.04. The van der Waals surface area contributed by atoms with Gasteiger partial charge in [0, 0.05) is 12.6 Å². The molecule has 1 aromatic rings. The lowest BCUT2D eigenvalue weighted by molar-refractivity contribution is 0.409. The standard InChI is InChI=1S/C12H15Br2NO3S/c1-18-12-10(13)4-8(5-11(12)14)6-15-9-2-3-19(16,17)7-9/h4-5,9,15H,2-3,6-7H2,1H3. The summed E-state index contributed by atoms with van der Waals surface area (Å²) in [5, 5.41) is 3.28. The van der Waals surface area contributed by atoms with E-state index in [1.807, 2.05) is 12.1 Å². The van der Waals surface area contributed by atoms with Crippen molar-refractivity contribution in [2.75, 3.05) is 18.6 Å². The second kappa shape index (κ2) is 6.11. The Morgan fingerprint density at radius 1 is 1.37 bits per heavy atom. The first kappa shape index (κ1) is 15.3. The van der Waals surface area contributed by atoms with E-state index < -0.39 is 9.84 Å². The van der Waals surface area contributed by atoms with Crippen LogP contribution in [0.25, 0.3) is 0 Å². The molecule has 19 heavy (non-hydrogen) atoms. The summed E-state index contributed by atoms with van der Waals surface area (Å²) in [4.78, 5) is 0. The van der Waals surface area contributed by atoms with E-state index in [0.717, 1.165) is 20.3 Å². The first-order valence-corrected chi connectivity index (χ1v) is 9.28. The lowest BCUT2D eigenvalue weighted by atomic mass is 10.2. The molecule has 0 radical (unpaired) electrons. The summed E-state index contributed by atoms with van der Waals surface area (Å²) in [7, 11) is -1.21. The highest BCUT2D eigenvalue weighted by Gasteiger charge is 2.27. The van der Waals surface area contributed by atoms with Crippen molar-refractivity contribution in [3.05, 3.63) is 26.6 Å². The number of halogens is 2. The van der Waals surface area contributed by atoms with E-state index in [-0.39, 0.29) is 11.8 Å². The molecule has 1 N–H and O–H groups in total. The Morgan fingerprint density at radius 2 is 2.00 bits per heavy atom. The number of ether oxygens (including phenoxy) is 1. The van der Waals surface area contributed by atoms with E-state index in [1.54, 1.807) is 7.11 Å². The number of nitrogens with one attached hydrogen (secondary N) is 1. The lowest BCUT2D eigenvalue weighted by Gasteiger charge is -2.13. The van der Waals surface area contributed by atoms with E-state index in [9.17, 15) is 8.42 Å². The minimum Gasteiger partial charge on any atom is -0.494 e. The van der Waals surface area contributed by atoms with E-state index in [4.69, 9.17) is 4.74 Å².